The first-order chi connectivity index (χ1) is 8.33. The van der Waals surface area contributed by atoms with Crippen LogP contribution in [0.15, 0.2) is 0 Å². The third-order valence-electron chi connectivity index (χ3n) is 2.76. The Morgan fingerprint density at radius 1 is 1.39 bits per heavy atom. The van der Waals surface area contributed by atoms with Crippen LogP contribution in [0.4, 0.5) is 0 Å². The number of ether oxygens (including phenoxy) is 1. The van der Waals surface area contributed by atoms with Gasteiger partial charge < -0.3 is 20.3 Å². The summed E-state index contributed by atoms with van der Waals surface area (Å²) >= 11 is 0. The molecule has 0 saturated carbocycles. The van der Waals surface area contributed by atoms with Gasteiger partial charge in [-0.2, -0.15) is 0 Å². The van der Waals surface area contributed by atoms with Gasteiger partial charge in [-0.05, 0) is 19.4 Å². The van der Waals surface area contributed by atoms with Crippen LogP contribution < -0.4 is 10.6 Å². The Morgan fingerprint density at radius 2 is 2.11 bits per heavy atom. The Labute approximate surface area is 116 Å². The molecule has 0 aromatic carbocycles. The maximum absolute atomic E-state index is 11.3. The number of hydrogen-bond acceptors (Lipinski definition) is 4. The molecule has 0 radical (unpaired) electrons. The zero-order chi connectivity index (χ0) is 12.3. The van der Waals surface area contributed by atoms with Crippen molar-refractivity contribution in [2.45, 2.75) is 19.8 Å². The highest BCUT2D eigenvalue weighted by molar-refractivity contribution is 5.85. The fourth-order valence-electron chi connectivity index (χ4n) is 1.83. The molecule has 1 aliphatic heterocycles. The van der Waals surface area contributed by atoms with Crippen molar-refractivity contribution in [3.63, 3.8) is 0 Å². The van der Waals surface area contributed by atoms with Crippen molar-refractivity contribution in [2.75, 3.05) is 52.5 Å². The summed E-state index contributed by atoms with van der Waals surface area (Å²) in [6, 6.07) is 0. The molecule has 0 aromatic rings. The third-order valence-corrected chi connectivity index (χ3v) is 2.76. The standard InChI is InChI=1S/C12H25N3O2.ClH/c1-2-10-17-11-12(16)14-4-3-7-15-8-5-13-6-9-15;/h13H,2-11H2,1H3,(H,14,16);1H. The summed E-state index contributed by atoms with van der Waals surface area (Å²) in [7, 11) is 0. The van der Waals surface area contributed by atoms with Gasteiger partial charge in [-0.25, -0.2) is 0 Å². The zero-order valence-electron chi connectivity index (χ0n) is 11.2. The molecule has 1 amide bonds. The van der Waals surface area contributed by atoms with Crippen molar-refractivity contribution in [3.05, 3.63) is 0 Å². The number of carbonyl (C=O) groups excluding carboxylic acids is 1. The molecule has 1 saturated heterocycles. The summed E-state index contributed by atoms with van der Waals surface area (Å²) in [5, 5.41) is 6.20. The Hall–Kier alpha value is -0.360. The lowest BCUT2D eigenvalue weighted by Crippen LogP contribution is -2.44. The van der Waals surface area contributed by atoms with E-state index in [0.717, 1.165) is 52.1 Å². The molecule has 0 aliphatic carbocycles. The predicted molar refractivity (Wildman–Crippen MR) is 75.3 cm³/mol. The van der Waals surface area contributed by atoms with E-state index in [4.69, 9.17) is 4.74 Å². The number of nitrogens with zero attached hydrogens (tertiary/aromatic N) is 1. The highest BCUT2D eigenvalue weighted by Gasteiger charge is 2.08. The van der Waals surface area contributed by atoms with Gasteiger partial charge in [0.15, 0.2) is 0 Å². The minimum Gasteiger partial charge on any atom is -0.372 e. The molecule has 0 atom stereocenters. The van der Waals surface area contributed by atoms with Gasteiger partial charge in [-0.3, -0.25) is 4.79 Å². The van der Waals surface area contributed by atoms with Gasteiger partial charge in [0, 0.05) is 39.3 Å². The van der Waals surface area contributed by atoms with E-state index in [1.165, 1.54) is 0 Å². The molecule has 0 bridgehead atoms. The van der Waals surface area contributed by atoms with E-state index < -0.39 is 0 Å². The van der Waals surface area contributed by atoms with E-state index in [9.17, 15) is 4.79 Å². The minimum atomic E-state index is -0.00115. The highest BCUT2D eigenvalue weighted by Crippen LogP contribution is 1.93. The van der Waals surface area contributed by atoms with Crippen LogP contribution in [0.1, 0.15) is 19.8 Å². The largest absolute Gasteiger partial charge is 0.372 e. The van der Waals surface area contributed by atoms with E-state index in [1.54, 1.807) is 0 Å². The molecule has 2 N–H and O–H groups in total. The fraction of sp³-hybridized carbons (Fsp3) is 0.917. The summed E-state index contributed by atoms with van der Waals surface area (Å²) in [6.07, 6.45) is 1.97. The lowest BCUT2D eigenvalue weighted by molar-refractivity contribution is -0.125. The van der Waals surface area contributed by atoms with E-state index in [0.29, 0.717) is 6.61 Å². The smallest absolute Gasteiger partial charge is 0.245 e. The maximum Gasteiger partial charge on any atom is 0.245 e. The molecular weight excluding hydrogens is 254 g/mol. The van der Waals surface area contributed by atoms with Gasteiger partial charge in [-0.1, -0.05) is 6.92 Å². The second-order valence-electron chi connectivity index (χ2n) is 4.35. The molecule has 18 heavy (non-hydrogen) atoms. The second-order valence-corrected chi connectivity index (χ2v) is 4.35. The van der Waals surface area contributed by atoms with Gasteiger partial charge in [0.25, 0.3) is 0 Å². The Balaban J connectivity index is 0.00000289. The molecule has 108 valence electrons. The van der Waals surface area contributed by atoms with E-state index >= 15 is 0 Å². The molecule has 1 fully saturated rings. The quantitative estimate of drug-likeness (QED) is 0.626. The number of carbonyl (C=O) groups is 1. The van der Waals surface area contributed by atoms with Crippen molar-refractivity contribution >= 4 is 18.3 Å². The van der Waals surface area contributed by atoms with Gasteiger partial charge in [0.1, 0.15) is 6.61 Å². The summed E-state index contributed by atoms with van der Waals surface area (Å²) < 4.78 is 5.16. The lowest BCUT2D eigenvalue weighted by atomic mass is 10.3. The van der Waals surface area contributed by atoms with Crippen LogP contribution in [0.3, 0.4) is 0 Å². The Bertz CT molecular complexity index is 211. The topological polar surface area (TPSA) is 53.6 Å². The average Bonchev–Trinajstić information content (AvgIpc) is 2.36. The van der Waals surface area contributed by atoms with Crippen LogP contribution in [0.2, 0.25) is 0 Å². The SMILES string of the molecule is CCCOCC(=O)NCCCN1CCNCC1.Cl. The molecule has 5 nitrogen and oxygen atoms in total. The number of halogens is 1. The number of hydrogen-bond donors (Lipinski definition) is 2. The second kappa shape index (κ2) is 11.7. The highest BCUT2D eigenvalue weighted by atomic mass is 35.5. The van der Waals surface area contributed by atoms with Crippen LogP contribution in [0, 0.1) is 0 Å². The molecule has 0 unspecified atom stereocenters. The number of amides is 1. The van der Waals surface area contributed by atoms with Crippen LogP contribution in [-0.4, -0.2) is 63.3 Å². The summed E-state index contributed by atoms with van der Waals surface area (Å²) in [5.74, 6) is -0.00115. The Kier molecular flexibility index (Phi) is 11.5. The normalized spacial score (nSPS) is 16.1. The summed E-state index contributed by atoms with van der Waals surface area (Å²) in [5.41, 5.74) is 0. The molecule has 0 aromatic heterocycles. The third kappa shape index (κ3) is 8.69. The molecular formula is C12H26ClN3O2. The first-order valence-electron chi connectivity index (χ1n) is 6.60. The van der Waals surface area contributed by atoms with E-state index in [2.05, 4.69) is 15.5 Å². The molecule has 6 heteroatoms. The van der Waals surface area contributed by atoms with Crippen molar-refractivity contribution in [3.8, 4) is 0 Å². The Morgan fingerprint density at radius 3 is 2.78 bits per heavy atom. The maximum atomic E-state index is 11.3. The monoisotopic (exact) mass is 279 g/mol. The average molecular weight is 280 g/mol. The van der Waals surface area contributed by atoms with Crippen molar-refractivity contribution in [1.82, 2.24) is 15.5 Å². The fourth-order valence-corrected chi connectivity index (χ4v) is 1.83. The van der Waals surface area contributed by atoms with Gasteiger partial charge in [0.2, 0.25) is 5.91 Å². The van der Waals surface area contributed by atoms with Gasteiger partial charge in [0.05, 0.1) is 0 Å². The van der Waals surface area contributed by atoms with Crippen molar-refractivity contribution < 1.29 is 9.53 Å². The van der Waals surface area contributed by atoms with Crippen LogP contribution in [-0.2, 0) is 9.53 Å². The molecule has 1 rings (SSSR count). The van der Waals surface area contributed by atoms with E-state index in [-0.39, 0.29) is 24.9 Å². The number of piperazine rings is 1. The van der Waals surface area contributed by atoms with Crippen molar-refractivity contribution in [1.29, 1.82) is 0 Å². The number of rotatable bonds is 8. The zero-order valence-corrected chi connectivity index (χ0v) is 12.1. The van der Waals surface area contributed by atoms with Crippen LogP contribution >= 0.6 is 12.4 Å². The predicted octanol–water partition coefficient (Wildman–Crippen LogP) is 0.246. The lowest BCUT2D eigenvalue weighted by Gasteiger charge is -2.27. The minimum absolute atomic E-state index is 0. The van der Waals surface area contributed by atoms with Gasteiger partial charge in [-0.15, -0.1) is 12.4 Å². The molecule has 0 spiro atoms. The summed E-state index contributed by atoms with van der Waals surface area (Å²) in [4.78, 5) is 13.7. The van der Waals surface area contributed by atoms with Crippen LogP contribution in [0.25, 0.3) is 0 Å². The number of nitrogens with one attached hydrogen (secondary N) is 2. The van der Waals surface area contributed by atoms with E-state index in [1.807, 2.05) is 6.92 Å². The first-order valence-corrected chi connectivity index (χ1v) is 6.60. The van der Waals surface area contributed by atoms with Crippen LogP contribution in [0.5, 0.6) is 0 Å². The first kappa shape index (κ1) is 17.6. The van der Waals surface area contributed by atoms with Gasteiger partial charge >= 0.3 is 0 Å². The van der Waals surface area contributed by atoms with Crippen molar-refractivity contribution in [2.24, 2.45) is 0 Å². The molecule has 1 heterocycles. The summed E-state index contributed by atoms with van der Waals surface area (Å²) in [6.45, 7) is 9.10. The molecule has 1 aliphatic rings.